The van der Waals surface area contributed by atoms with E-state index in [2.05, 4.69) is 5.32 Å². The average molecular weight is 432 g/mol. The summed E-state index contributed by atoms with van der Waals surface area (Å²) in [5.74, 6) is 0.451. The number of sulfonamides is 1. The highest BCUT2D eigenvalue weighted by Gasteiger charge is 2.32. The molecule has 7 nitrogen and oxygen atoms in total. The molecule has 0 bridgehead atoms. The quantitative estimate of drug-likeness (QED) is 0.761. The van der Waals surface area contributed by atoms with E-state index in [4.69, 9.17) is 4.74 Å². The molecule has 0 aromatic heterocycles. The number of benzene rings is 2. The van der Waals surface area contributed by atoms with Crippen LogP contribution in [0.1, 0.15) is 18.1 Å². The molecule has 1 atom stereocenters. The third-order valence-corrected chi connectivity index (χ3v) is 7.58. The molecule has 1 N–H and O–H groups in total. The van der Waals surface area contributed by atoms with E-state index < -0.39 is 10.0 Å². The first kappa shape index (κ1) is 22.3. The number of methoxy groups -OCH3 is 1. The summed E-state index contributed by atoms with van der Waals surface area (Å²) in [7, 11) is -1.98. The molecule has 1 aliphatic heterocycles. The minimum absolute atomic E-state index is 0.148. The van der Waals surface area contributed by atoms with Gasteiger partial charge in [0.15, 0.2) is 0 Å². The van der Waals surface area contributed by atoms with Gasteiger partial charge < -0.3 is 10.1 Å². The molecule has 162 valence electrons. The van der Waals surface area contributed by atoms with Crippen molar-refractivity contribution in [2.75, 3.05) is 38.6 Å². The maximum Gasteiger partial charge on any atom is 0.243 e. The van der Waals surface area contributed by atoms with Crippen molar-refractivity contribution in [2.45, 2.75) is 31.7 Å². The molecule has 0 radical (unpaired) electrons. The van der Waals surface area contributed by atoms with E-state index in [9.17, 15) is 13.2 Å². The Balaban J connectivity index is 1.63. The number of rotatable bonds is 6. The van der Waals surface area contributed by atoms with E-state index in [1.165, 1.54) is 4.31 Å². The molecule has 3 rings (SSSR count). The van der Waals surface area contributed by atoms with E-state index in [0.29, 0.717) is 42.5 Å². The number of amides is 1. The number of ether oxygens (including phenoxy) is 1. The normalized spacial score (nSPS) is 16.8. The standard InChI is InChI=1S/C22H29N3O4S/c1-16-9-10-19(15-17(16)2)30(27,28)25-13-11-24(12-14-25)18(3)22(26)23-20-7-5-6-8-21(20)29-4/h5-10,15,18H,11-14H2,1-4H3,(H,23,26)/t18-/m0/s1. The zero-order chi connectivity index (χ0) is 21.9. The van der Waals surface area contributed by atoms with Crippen molar-refractivity contribution in [1.29, 1.82) is 0 Å². The molecule has 1 saturated heterocycles. The van der Waals surface area contributed by atoms with Crippen LogP contribution in [0.25, 0.3) is 0 Å². The van der Waals surface area contributed by atoms with Gasteiger partial charge in [0, 0.05) is 26.2 Å². The molecule has 2 aromatic rings. The second-order valence-corrected chi connectivity index (χ2v) is 9.49. The van der Waals surface area contributed by atoms with Crippen LogP contribution in [0.5, 0.6) is 5.75 Å². The monoisotopic (exact) mass is 431 g/mol. The first-order chi connectivity index (χ1) is 14.2. The van der Waals surface area contributed by atoms with Crippen LogP contribution in [0.15, 0.2) is 47.4 Å². The zero-order valence-electron chi connectivity index (χ0n) is 17.9. The van der Waals surface area contributed by atoms with Crippen molar-refractivity contribution in [3.63, 3.8) is 0 Å². The van der Waals surface area contributed by atoms with Crippen molar-refractivity contribution in [3.05, 3.63) is 53.6 Å². The van der Waals surface area contributed by atoms with Gasteiger partial charge in [0.1, 0.15) is 5.75 Å². The van der Waals surface area contributed by atoms with Gasteiger partial charge >= 0.3 is 0 Å². The van der Waals surface area contributed by atoms with Crippen LogP contribution in [0.3, 0.4) is 0 Å². The molecule has 2 aromatic carbocycles. The number of para-hydroxylation sites is 2. The minimum atomic E-state index is -3.54. The van der Waals surface area contributed by atoms with Gasteiger partial charge in [-0.3, -0.25) is 9.69 Å². The van der Waals surface area contributed by atoms with Crippen molar-refractivity contribution in [2.24, 2.45) is 0 Å². The minimum Gasteiger partial charge on any atom is -0.495 e. The average Bonchev–Trinajstić information content (AvgIpc) is 2.75. The predicted octanol–water partition coefficient (Wildman–Crippen LogP) is 2.65. The number of carbonyl (C=O) groups is 1. The summed E-state index contributed by atoms with van der Waals surface area (Å²) < 4.78 is 32.8. The molecular weight excluding hydrogens is 402 g/mol. The lowest BCUT2D eigenvalue weighted by atomic mass is 10.1. The van der Waals surface area contributed by atoms with Crippen molar-refractivity contribution < 1.29 is 17.9 Å². The maximum atomic E-state index is 13.0. The molecule has 1 heterocycles. The van der Waals surface area contributed by atoms with Crippen LogP contribution < -0.4 is 10.1 Å². The SMILES string of the molecule is COc1ccccc1NC(=O)[C@H](C)N1CCN(S(=O)(=O)c2ccc(C)c(C)c2)CC1. The second kappa shape index (κ2) is 9.16. The summed E-state index contributed by atoms with van der Waals surface area (Å²) in [6, 6.07) is 12.1. The molecule has 0 aliphatic carbocycles. The first-order valence-electron chi connectivity index (χ1n) is 9.99. The fourth-order valence-corrected chi connectivity index (χ4v) is 5.01. The molecule has 1 aliphatic rings. The Bertz CT molecular complexity index is 1010. The Morgan fingerprint density at radius 2 is 1.70 bits per heavy atom. The van der Waals surface area contributed by atoms with E-state index in [-0.39, 0.29) is 11.9 Å². The number of anilines is 1. The number of nitrogens with one attached hydrogen (secondary N) is 1. The Morgan fingerprint density at radius 1 is 1.03 bits per heavy atom. The van der Waals surface area contributed by atoms with Gasteiger partial charge in [0.2, 0.25) is 15.9 Å². The van der Waals surface area contributed by atoms with Gasteiger partial charge in [0.05, 0.1) is 23.7 Å². The van der Waals surface area contributed by atoms with Crippen molar-refractivity contribution in [1.82, 2.24) is 9.21 Å². The number of hydrogen-bond acceptors (Lipinski definition) is 5. The Hall–Kier alpha value is -2.42. The number of hydrogen-bond donors (Lipinski definition) is 1. The highest BCUT2D eigenvalue weighted by Crippen LogP contribution is 2.24. The van der Waals surface area contributed by atoms with Gasteiger partial charge in [-0.25, -0.2) is 8.42 Å². The van der Waals surface area contributed by atoms with E-state index in [1.807, 2.05) is 43.9 Å². The predicted molar refractivity (Wildman–Crippen MR) is 117 cm³/mol. The topological polar surface area (TPSA) is 79.0 Å². The van der Waals surface area contributed by atoms with Crippen LogP contribution >= 0.6 is 0 Å². The molecule has 0 unspecified atom stereocenters. The highest BCUT2D eigenvalue weighted by molar-refractivity contribution is 7.89. The smallest absolute Gasteiger partial charge is 0.243 e. The van der Waals surface area contributed by atoms with Crippen LogP contribution in [0.2, 0.25) is 0 Å². The van der Waals surface area contributed by atoms with E-state index >= 15 is 0 Å². The van der Waals surface area contributed by atoms with Gasteiger partial charge in [-0.05, 0) is 56.2 Å². The van der Waals surface area contributed by atoms with Crippen LogP contribution in [-0.4, -0.2) is 62.9 Å². The van der Waals surface area contributed by atoms with Crippen LogP contribution in [-0.2, 0) is 14.8 Å². The lowest BCUT2D eigenvalue weighted by Gasteiger charge is -2.36. The Morgan fingerprint density at radius 3 is 2.33 bits per heavy atom. The summed E-state index contributed by atoms with van der Waals surface area (Å²) in [5, 5.41) is 2.90. The second-order valence-electron chi connectivity index (χ2n) is 7.55. The van der Waals surface area contributed by atoms with Gasteiger partial charge in [-0.1, -0.05) is 18.2 Å². The molecule has 8 heteroatoms. The fraction of sp³-hybridized carbons (Fsp3) is 0.409. The van der Waals surface area contributed by atoms with Crippen molar-refractivity contribution >= 4 is 21.6 Å². The summed E-state index contributed by atoms with van der Waals surface area (Å²) in [4.78, 5) is 15.0. The Kier molecular flexibility index (Phi) is 6.80. The lowest BCUT2D eigenvalue weighted by molar-refractivity contribution is -0.121. The summed E-state index contributed by atoms with van der Waals surface area (Å²) in [6.07, 6.45) is 0. The summed E-state index contributed by atoms with van der Waals surface area (Å²) >= 11 is 0. The highest BCUT2D eigenvalue weighted by atomic mass is 32.2. The summed E-state index contributed by atoms with van der Waals surface area (Å²) in [6.45, 7) is 7.38. The first-order valence-corrected chi connectivity index (χ1v) is 11.4. The van der Waals surface area contributed by atoms with Crippen LogP contribution in [0, 0.1) is 13.8 Å². The number of nitrogens with zero attached hydrogens (tertiary/aromatic N) is 2. The maximum absolute atomic E-state index is 13.0. The molecule has 0 spiro atoms. The molecular formula is C22H29N3O4S. The zero-order valence-corrected chi connectivity index (χ0v) is 18.7. The fourth-order valence-electron chi connectivity index (χ4n) is 3.51. The third kappa shape index (κ3) is 4.66. The lowest BCUT2D eigenvalue weighted by Crippen LogP contribution is -2.53. The molecule has 1 fully saturated rings. The van der Waals surface area contributed by atoms with Gasteiger partial charge in [-0.15, -0.1) is 0 Å². The van der Waals surface area contributed by atoms with Gasteiger partial charge in [0.25, 0.3) is 0 Å². The molecule has 0 saturated carbocycles. The van der Waals surface area contributed by atoms with Crippen molar-refractivity contribution in [3.8, 4) is 5.75 Å². The van der Waals surface area contributed by atoms with Crippen LogP contribution in [0.4, 0.5) is 5.69 Å². The number of carbonyl (C=O) groups excluding carboxylic acids is 1. The van der Waals surface area contributed by atoms with E-state index in [0.717, 1.165) is 11.1 Å². The summed E-state index contributed by atoms with van der Waals surface area (Å²) in [5.41, 5.74) is 2.64. The Labute approximate surface area is 178 Å². The van der Waals surface area contributed by atoms with Gasteiger partial charge in [-0.2, -0.15) is 4.31 Å². The molecule has 30 heavy (non-hydrogen) atoms. The third-order valence-electron chi connectivity index (χ3n) is 5.68. The number of piperazine rings is 1. The van der Waals surface area contributed by atoms with E-state index in [1.54, 1.807) is 31.4 Å². The molecule has 1 amide bonds. The number of aryl methyl sites for hydroxylation is 2. The largest absolute Gasteiger partial charge is 0.495 e.